The van der Waals surface area contributed by atoms with Gasteiger partial charge >= 0.3 is 0 Å². The van der Waals surface area contributed by atoms with Crippen LogP contribution < -0.4 is 5.43 Å². The lowest BCUT2D eigenvalue weighted by atomic mass is 10.1. The van der Waals surface area contributed by atoms with Crippen LogP contribution in [-0.4, -0.2) is 21.8 Å². The van der Waals surface area contributed by atoms with Gasteiger partial charge in [-0.15, -0.1) is 0 Å². The number of amides is 1. The minimum atomic E-state index is -0.0935. The van der Waals surface area contributed by atoms with Crippen molar-refractivity contribution in [2.45, 2.75) is 19.8 Å². The normalized spacial score (nSPS) is 15.7. The quantitative estimate of drug-likeness (QED) is 0.419. The number of carbonyl (C=O) groups excluding carboxylic acids is 1. The van der Waals surface area contributed by atoms with E-state index in [1.54, 1.807) is 6.92 Å². The predicted molar refractivity (Wildman–Crippen MR) is 62.8 cm³/mol. The molecule has 1 aliphatic rings. The van der Waals surface area contributed by atoms with Crippen molar-refractivity contribution in [2.75, 3.05) is 0 Å². The Morgan fingerprint density at radius 1 is 1.41 bits per heavy atom. The molecule has 0 aromatic heterocycles. The highest BCUT2D eigenvalue weighted by molar-refractivity contribution is 6.01. The van der Waals surface area contributed by atoms with Gasteiger partial charge < -0.3 is 10.2 Å². The number of hydrazone groups is 1. The van der Waals surface area contributed by atoms with Gasteiger partial charge in [-0.1, -0.05) is 0 Å². The molecule has 0 saturated heterocycles. The first-order valence-electron chi connectivity index (χ1n) is 5.44. The molecule has 0 bridgehead atoms. The van der Waals surface area contributed by atoms with Crippen molar-refractivity contribution < 1.29 is 15.0 Å². The van der Waals surface area contributed by atoms with Crippen molar-refractivity contribution >= 4 is 11.6 Å². The summed E-state index contributed by atoms with van der Waals surface area (Å²) in [5.41, 5.74) is 3.30. The topological polar surface area (TPSA) is 81.9 Å². The fraction of sp³-hybridized carbons (Fsp3) is 0.333. The Hall–Kier alpha value is -2.04. The minimum absolute atomic E-state index is 0.0183. The van der Waals surface area contributed by atoms with Crippen molar-refractivity contribution in [1.82, 2.24) is 5.43 Å². The van der Waals surface area contributed by atoms with E-state index >= 15 is 0 Å². The lowest BCUT2D eigenvalue weighted by Crippen LogP contribution is -2.20. The number of aromatic hydroxyl groups is 2. The molecule has 90 valence electrons. The van der Waals surface area contributed by atoms with Gasteiger partial charge in [-0.05, 0) is 38.0 Å². The lowest BCUT2D eigenvalue weighted by Gasteiger charge is -2.05. The maximum Gasteiger partial charge on any atom is 0.243 e. The van der Waals surface area contributed by atoms with Crippen LogP contribution in [0.25, 0.3) is 0 Å². The number of nitrogens with zero attached hydrogens (tertiary/aromatic N) is 1. The van der Waals surface area contributed by atoms with Crippen molar-refractivity contribution in [1.29, 1.82) is 0 Å². The molecule has 0 radical (unpaired) electrons. The fourth-order valence-corrected chi connectivity index (χ4v) is 1.45. The van der Waals surface area contributed by atoms with E-state index in [9.17, 15) is 15.0 Å². The second kappa shape index (κ2) is 4.45. The third kappa shape index (κ3) is 2.75. The van der Waals surface area contributed by atoms with Crippen LogP contribution in [0.3, 0.4) is 0 Å². The second-order valence-electron chi connectivity index (χ2n) is 4.15. The van der Waals surface area contributed by atoms with Gasteiger partial charge in [-0.25, -0.2) is 5.43 Å². The van der Waals surface area contributed by atoms with Gasteiger partial charge in [0.25, 0.3) is 0 Å². The molecule has 1 aromatic rings. The third-order valence-corrected chi connectivity index (χ3v) is 2.65. The van der Waals surface area contributed by atoms with Crippen LogP contribution in [0.1, 0.15) is 25.3 Å². The van der Waals surface area contributed by atoms with E-state index in [1.165, 1.54) is 18.2 Å². The van der Waals surface area contributed by atoms with Gasteiger partial charge in [0, 0.05) is 11.5 Å². The van der Waals surface area contributed by atoms with Crippen molar-refractivity contribution in [3.05, 3.63) is 23.8 Å². The number of phenolic OH excluding ortho intramolecular Hbond substituents is 2. The average Bonchev–Trinajstić information content (AvgIpc) is 3.12. The molecule has 1 saturated carbocycles. The number of hydrogen-bond acceptors (Lipinski definition) is 4. The van der Waals surface area contributed by atoms with E-state index in [4.69, 9.17) is 0 Å². The van der Waals surface area contributed by atoms with E-state index < -0.39 is 0 Å². The molecule has 5 heteroatoms. The molecular weight excluding hydrogens is 220 g/mol. The van der Waals surface area contributed by atoms with Gasteiger partial charge in [0.2, 0.25) is 5.91 Å². The molecule has 0 spiro atoms. The Morgan fingerprint density at radius 3 is 2.76 bits per heavy atom. The van der Waals surface area contributed by atoms with Gasteiger partial charge in [0.05, 0.1) is 5.71 Å². The summed E-state index contributed by atoms with van der Waals surface area (Å²) in [4.78, 5) is 11.4. The van der Waals surface area contributed by atoms with E-state index in [1.807, 2.05) is 0 Å². The molecule has 0 unspecified atom stereocenters. The number of benzene rings is 1. The first-order valence-corrected chi connectivity index (χ1v) is 5.44. The van der Waals surface area contributed by atoms with E-state index in [0.717, 1.165) is 12.8 Å². The first-order chi connectivity index (χ1) is 8.08. The van der Waals surface area contributed by atoms with Crippen molar-refractivity contribution in [2.24, 2.45) is 11.0 Å². The molecule has 1 amide bonds. The molecule has 1 fully saturated rings. The van der Waals surface area contributed by atoms with Crippen LogP contribution in [0.4, 0.5) is 0 Å². The highest BCUT2D eigenvalue weighted by atomic mass is 16.3. The van der Waals surface area contributed by atoms with Crippen LogP contribution in [0, 0.1) is 5.92 Å². The molecule has 0 aliphatic heterocycles. The summed E-state index contributed by atoms with van der Waals surface area (Å²) >= 11 is 0. The fourth-order valence-electron chi connectivity index (χ4n) is 1.45. The molecule has 1 aromatic carbocycles. The molecule has 5 nitrogen and oxygen atoms in total. The summed E-state index contributed by atoms with van der Waals surface area (Å²) in [6.45, 7) is 1.65. The van der Waals surface area contributed by atoms with E-state index in [0.29, 0.717) is 11.3 Å². The molecule has 0 heterocycles. The highest BCUT2D eigenvalue weighted by Gasteiger charge is 2.29. The molecule has 2 rings (SSSR count). The van der Waals surface area contributed by atoms with Crippen LogP contribution >= 0.6 is 0 Å². The largest absolute Gasteiger partial charge is 0.508 e. The summed E-state index contributed by atoms with van der Waals surface area (Å²) in [7, 11) is 0. The monoisotopic (exact) mass is 234 g/mol. The zero-order valence-electron chi connectivity index (χ0n) is 9.47. The Balaban J connectivity index is 2.11. The predicted octanol–water partition coefficient (Wildman–Crippen LogP) is 1.35. The van der Waals surface area contributed by atoms with E-state index in [-0.39, 0.29) is 23.3 Å². The van der Waals surface area contributed by atoms with Crippen LogP contribution in [-0.2, 0) is 4.79 Å². The number of hydrogen-bond donors (Lipinski definition) is 3. The Kier molecular flexibility index (Phi) is 2.99. The molecule has 3 N–H and O–H groups in total. The summed E-state index contributed by atoms with van der Waals surface area (Å²) in [6.07, 6.45) is 1.83. The Labute approximate surface area is 98.8 Å². The zero-order chi connectivity index (χ0) is 12.4. The first kappa shape index (κ1) is 11.4. The average molecular weight is 234 g/mol. The molecular formula is C12H14N2O3. The van der Waals surface area contributed by atoms with E-state index in [2.05, 4.69) is 10.5 Å². The maximum atomic E-state index is 11.4. The molecule has 1 aliphatic carbocycles. The molecule has 17 heavy (non-hydrogen) atoms. The summed E-state index contributed by atoms with van der Waals surface area (Å²) in [5.74, 6) is 0.0545. The smallest absolute Gasteiger partial charge is 0.243 e. The summed E-state index contributed by atoms with van der Waals surface area (Å²) < 4.78 is 0. The van der Waals surface area contributed by atoms with Gasteiger partial charge in [0.15, 0.2) is 0 Å². The standard InChI is InChI=1S/C12H14N2O3/c1-7(13-14-12(17)8-2-3-8)10-6-9(15)4-5-11(10)16/h4-6,8,15-16H,2-3H2,1H3,(H,14,17)/b13-7-. The Morgan fingerprint density at radius 2 is 2.12 bits per heavy atom. The van der Waals surface area contributed by atoms with Gasteiger partial charge in [-0.2, -0.15) is 5.10 Å². The van der Waals surface area contributed by atoms with Crippen molar-refractivity contribution in [3.63, 3.8) is 0 Å². The number of rotatable bonds is 3. The lowest BCUT2D eigenvalue weighted by molar-refractivity contribution is -0.122. The SMILES string of the molecule is C/C(=N/NC(=O)C1CC1)c1cc(O)ccc1O. The van der Waals surface area contributed by atoms with Crippen LogP contribution in [0.5, 0.6) is 11.5 Å². The second-order valence-corrected chi connectivity index (χ2v) is 4.15. The summed E-state index contributed by atoms with van der Waals surface area (Å²) in [5, 5.41) is 22.8. The van der Waals surface area contributed by atoms with Gasteiger partial charge in [-0.3, -0.25) is 4.79 Å². The van der Waals surface area contributed by atoms with Crippen LogP contribution in [0.15, 0.2) is 23.3 Å². The number of phenols is 2. The zero-order valence-corrected chi connectivity index (χ0v) is 9.47. The highest BCUT2D eigenvalue weighted by Crippen LogP contribution is 2.28. The van der Waals surface area contributed by atoms with Gasteiger partial charge in [0.1, 0.15) is 11.5 Å². The summed E-state index contributed by atoms with van der Waals surface area (Å²) in [6, 6.07) is 4.17. The maximum absolute atomic E-state index is 11.4. The van der Waals surface area contributed by atoms with Crippen molar-refractivity contribution in [3.8, 4) is 11.5 Å². The Bertz CT molecular complexity index is 479. The number of carbonyl (C=O) groups is 1. The minimum Gasteiger partial charge on any atom is -0.508 e. The number of nitrogens with one attached hydrogen (secondary N) is 1. The third-order valence-electron chi connectivity index (χ3n) is 2.65. The van der Waals surface area contributed by atoms with Crippen LogP contribution in [0.2, 0.25) is 0 Å². The molecule has 0 atom stereocenters.